The van der Waals surface area contributed by atoms with Crippen molar-refractivity contribution in [2.24, 2.45) is 0 Å². The second-order valence-electron chi connectivity index (χ2n) is 24.8. The SMILES string of the molecule is CC/C=C\C/C=C\C/C=C\C/C=C\C/C=C\C/C=C\C/C=C\C/C=C\C/C=C\C/C=C\C/C=C\CCCCCCCCCC(=O)OC(COC(=O)CCCCCCCCCCCCCCCCCCCCCCCC)COC(OCC[N+](C)(C)C)C(=O)[O-]. The Morgan fingerprint density at radius 2 is 0.648 bits per heavy atom. The van der Waals surface area contributed by atoms with E-state index in [2.05, 4.69) is 148 Å². The molecule has 2 unspecified atom stereocenters. The molecule has 0 heterocycles. The van der Waals surface area contributed by atoms with Gasteiger partial charge in [-0.15, -0.1) is 0 Å². The fourth-order valence-corrected chi connectivity index (χ4v) is 9.72. The molecule has 0 aliphatic rings. The Hall–Kier alpha value is -4.57. The highest BCUT2D eigenvalue weighted by Crippen LogP contribution is 2.17. The van der Waals surface area contributed by atoms with E-state index in [1.807, 2.05) is 21.1 Å². The largest absolute Gasteiger partial charge is 0.545 e. The van der Waals surface area contributed by atoms with Crippen molar-refractivity contribution in [3.05, 3.63) is 134 Å². The van der Waals surface area contributed by atoms with Crippen LogP contribution in [0.2, 0.25) is 0 Å². The lowest BCUT2D eigenvalue weighted by Gasteiger charge is -2.26. The van der Waals surface area contributed by atoms with E-state index in [-0.39, 0.29) is 38.6 Å². The number of carboxylic acids is 1. The zero-order chi connectivity index (χ0) is 64.0. The van der Waals surface area contributed by atoms with Gasteiger partial charge in [0.25, 0.3) is 0 Å². The summed E-state index contributed by atoms with van der Waals surface area (Å²) in [6, 6.07) is 0. The Kier molecular flexibility index (Phi) is 64.8. The normalized spacial score (nSPS) is 13.5. The van der Waals surface area contributed by atoms with Crippen molar-refractivity contribution < 1.29 is 42.9 Å². The zero-order valence-corrected chi connectivity index (χ0v) is 57.3. The van der Waals surface area contributed by atoms with Crippen LogP contribution in [0, 0.1) is 0 Å². The van der Waals surface area contributed by atoms with Crippen LogP contribution in [0.4, 0.5) is 0 Å². The number of quaternary nitrogens is 1. The molecule has 0 fully saturated rings. The maximum Gasteiger partial charge on any atom is 0.306 e. The molecule has 502 valence electrons. The minimum Gasteiger partial charge on any atom is -0.545 e. The number of unbranched alkanes of at least 4 members (excludes halogenated alkanes) is 28. The number of rotatable bonds is 65. The lowest BCUT2D eigenvalue weighted by Crippen LogP contribution is -2.44. The maximum absolute atomic E-state index is 12.9. The van der Waals surface area contributed by atoms with E-state index in [1.54, 1.807) is 0 Å². The Morgan fingerprint density at radius 1 is 0.352 bits per heavy atom. The first-order valence-electron chi connectivity index (χ1n) is 35.8. The second kappa shape index (κ2) is 68.3. The molecule has 0 aromatic heterocycles. The first-order chi connectivity index (χ1) is 43.1. The van der Waals surface area contributed by atoms with Gasteiger partial charge in [-0.1, -0.05) is 314 Å². The van der Waals surface area contributed by atoms with Crippen molar-refractivity contribution >= 4 is 17.9 Å². The van der Waals surface area contributed by atoms with E-state index in [1.165, 1.54) is 141 Å². The lowest BCUT2D eigenvalue weighted by atomic mass is 10.0. The third-order valence-corrected chi connectivity index (χ3v) is 15.2. The number of carboxylic acid groups (broad SMARTS) is 1. The van der Waals surface area contributed by atoms with Crippen molar-refractivity contribution in [1.29, 1.82) is 0 Å². The molecule has 88 heavy (non-hydrogen) atoms. The summed E-state index contributed by atoms with van der Waals surface area (Å²) in [5.41, 5.74) is 0. The van der Waals surface area contributed by atoms with Crippen molar-refractivity contribution in [1.82, 2.24) is 0 Å². The van der Waals surface area contributed by atoms with Crippen LogP contribution < -0.4 is 5.11 Å². The molecule has 9 nitrogen and oxygen atoms in total. The van der Waals surface area contributed by atoms with Gasteiger partial charge in [0.05, 0.1) is 40.3 Å². The summed E-state index contributed by atoms with van der Waals surface area (Å²) >= 11 is 0. The summed E-state index contributed by atoms with van der Waals surface area (Å²) in [5, 5.41) is 11.8. The number of esters is 2. The van der Waals surface area contributed by atoms with Crippen LogP contribution in [-0.2, 0) is 33.3 Å². The molecular weight excluding hydrogens is 1090 g/mol. The Labute approximate surface area is 541 Å². The van der Waals surface area contributed by atoms with Gasteiger partial charge in [0.15, 0.2) is 12.4 Å². The number of ether oxygens (including phenoxy) is 4. The highest BCUT2D eigenvalue weighted by Gasteiger charge is 2.22. The fourth-order valence-electron chi connectivity index (χ4n) is 9.72. The highest BCUT2D eigenvalue weighted by molar-refractivity contribution is 5.70. The van der Waals surface area contributed by atoms with Crippen LogP contribution in [0.1, 0.15) is 290 Å². The van der Waals surface area contributed by atoms with Gasteiger partial charge in [0, 0.05) is 12.8 Å². The molecule has 2 atom stereocenters. The predicted molar refractivity (Wildman–Crippen MR) is 375 cm³/mol. The molecule has 0 N–H and O–H groups in total. The number of aliphatic carboxylic acids is 1. The first kappa shape index (κ1) is 83.4. The quantitative estimate of drug-likeness (QED) is 0.0195. The molecule has 9 heteroatoms. The van der Waals surface area contributed by atoms with Crippen molar-refractivity contribution in [3.8, 4) is 0 Å². The second-order valence-corrected chi connectivity index (χ2v) is 24.8. The van der Waals surface area contributed by atoms with Gasteiger partial charge in [-0.05, 0) is 96.3 Å². The van der Waals surface area contributed by atoms with E-state index in [0.717, 1.165) is 116 Å². The van der Waals surface area contributed by atoms with Gasteiger partial charge >= 0.3 is 11.9 Å². The van der Waals surface area contributed by atoms with Crippen LogP contribution >= 0.6 is 0 Å². The zero-order valence-electron chi connectivity index (χ0n) is 57.3. The number of carbonyl (C=O) groups excluding carboxylic acids is 3. The number of carbonyl (C=O) groups is 3. The van der Waals surface area contributed by atoms with Gasteiger partial charge in [0.2, 0.25) is 0 Å². The molecule has 0 aromatic rings. The van der Waals surface area contributed by atoms with Gasteiger partial charge in [-0.3, -0.25) is 9.59 Å². The average Bonchev–Trinajstić information content (AvgIpc) is 3.55. The molecule has 0 rings (SSSR count). The molecule has 0 saturated carbocycles. The van der Waals surface area contributed by atoms with Crippen LogP contribution in [-0.4, -0.2) is 82.3 Å². The number of nitrogens with zero attached hydrogens (tertiary/aromatic N) is 1. The van der Waals surface area contributed by atoms with E-state index < -0.39 is 24.3 Å². The highest BCUT2D eigenvalue weighted by atomic mass is 16.7. The molecule has 0 aromatic carbocycles. The average molecular weight is 1220 g/mol. The fraction of sp³-hybridized carbons (Fsp3) is 0.684. The van der Waals surface area contributed by atoms with Crippen molar-refractivity contribution in [3.63, 3.8) is 0 Å². The van der Waals surface area contributed by atoms with Gasteiger partial charge in [-0.25, -0.2) is 0 Å². The molecule has 0 spiro atoms. The van der Waals surface area contributed by atoms with Crippen molar-refractivity contribution in [2.45, 2.75) is 302 Å². The minimum atomic E-state index is -1.63. The number of hydrogen-bond acceptors (Lipinski definition) is 8. The Balaban J connectivity index is 4.17. The summed E-state index contributed by atoms with van der Waals surface area (Å²) in [5.74, 6) is -2.30. The summed E-state index contributed by atoms with van der Waals surface area (Å²) in [4.78, 5) is 37.5. The number of likely N-dealkylation sites (N-methyl/N-ethyl adjacent to an activating group) is 1. The molecule has 0 radical (unpaired) electrons. The van der Waals surface area contributed by atoms with Crippen LogP contribution in [0.5, 0.6) is 0 Å². The molecule has 0 aliphatic heterocycles. The van der Waals surface area contributed by atoms with Crippen LogP contribution in [0.15, 0.2) is 134 Å². The summed E-state index contributed by atoms with van der Waals surface area (Å²) in [6.45, 7) is 4.64. The monoisotopic (exact) mass is 1220 g/mol. The number of allylic oxidation sites excluding steroid dienone is 22. The molecule has 0 saturated heterocycles. The Morgan fingerprint density at radius 3 is 0.966 bits per heavy atom. The van der Waals surface area contributed by atoms with E-state index in [4.69, 9.17) is 18.9 Å². The molecule has 0 amide bonds. The third kappa shape index (κ3) is 68.9. The molecule has 0 bridgehead atoms. The van der Waals surface area contributed by atoms with E-state index in [0.29, 0.717) is 17.4 Å². The van der Waals surface area contributed by atoms with Crippen LogP contribution in [0.25, 0.3) is 0 Å². The van der Waals surface area contributed by atoms with Gasteiger partial charge < -0.3 is 33.3 Å². The maximum atomic E-state index is 12.9. The molecule has 0 aliphatic carbocycles. The van der Waals surface area contributed by atoms with Crippen molar-refractivity contribution in [2.75, 3.05) is 47.5 Å². The third-order valence-electron chi connectivity index (χ3n) is 15.2. The summed E-state index contributed by atoms with van der Waals surface area (Å²) in [7, 11) is 5.92. The number of hydrogen-bond donors (Lipinski definition) is 0. The lowest BCUT2D eigenvalue weighted by molar-refractivity contribution is -0.870. The van der Waals surface area contributed by atoms with E-state index >= 15 is 0 Å². The topological polar surface area (TPSA) is 111 Å². The Bertz CT molecular complexity index is 1910. The van der Waals surface area contributed by atoms with Gasteiger partial charge in [-0.2, -0.15) is 0 Å². The summed E-state index contributed by atoms with van der Waals surface area (Å²) in [6.07, 6.45) is 95.3. The van der Waals surface area contributed by atoms with Crippen LogP contribution in [0.3, 0.4) is 0 Å². The standard InChI is InChI=1S/C79H133NO8/c1-6-8-10-12-14-16-18-20-22-24-26-28-30-31-32-33-34-35-36-37-38-39-40-41-42-43-44-45-46-47-48-50-52-54-56-58-60-62-64-66-68-70-77(82)88-75(74-87-79(78(83)84)85-72-71-80(3,4)5)73-86-76(81)69-67-65-63-61-59-57-55-53-51-49-29-27-25-23-21-19-17-15-13-11-9-7-2/h8,10,14,16,20,22,26,28,31-32,34-35,37-38,40-41,43-44,46-47,50,52,75,79H,6-7,9,11-13,15,17-19,21,23-25,27,29-30,33,36,39,42,45,48-49,51,53-74H2,1-5H3/b10-8-,16-14-,22-20-,28-26-,32-31-,35-34-,38-37-,41-40-,44-43-,47-46-,52-50-. The first-order valence-corrected chi connectivity index (χ1v) is 35.8. The minimum absolute atomic E-state index is 0.141. The van der Waals surface area contributed by atoms with E-state index in [9.17, 15) is 19.5 Å². The van der Waals surface area contributed by atoms with Gasteiger partial charge in [0.1, 0.15) is 13.2 Å². The predicted octanol–water partition coefficient (Wildman–Crippen LogP) is 21.2. The smallest absolute Gasteiger partial charge is 0.306 e. The molecular formula is C79H133NO8. The summed E-state index contributed by atoms with van der Waals surface area (Å²) < 4.78 is 22.8.